The molecule has 0 radical (unpaired) electrons. The molecule has 10 heteroatoms. The third kappa shape index (κ3) is 5.46. The molecule has 1 N–H and O–H groups in total. The molecule has 152 valence electrons. The Bertz CT molecular complexity index is 1110. The van der Waals surface area contributed by atoms with E-state index < -0.39 is 9.84 Å². The normalized spacial score (nSPS) is 11.4. The highest BCUT2D eigenvalue weighted by atomic mass is 79.9. The molecule has 0 fully saturated rings. The van der Waals surface area contributed by atoms with Crippen molar-refractivity contribution >= 4 is 43.4 Å². The first-order valence-corrected chi connectivity index (χ1v) is 12.3. The van der Waals surface area contributed by atoms with Crippen molar-refractivity contribution in [3.63, 3.8) is 0 Å². The molecule has 0 unspecified atom stereocenters. The monoisotopic (exact) mass is 494 g/mol. The van der Waals surface area contributed by atoms with Gasteiger partial charge in [-0.1, -0.05) is 39.8 Å². The van der Waals surface area contributed by atoms with E-state index in [1.807, 2.05) is 24.3 Å². The van der Waals surface area contributed by atoms with Crippen LogP contribution >= 0.6 is 27.7 Å². The topological polar surface area (TPSA) is 94.0 Å². The summed E-state index contributed by atoms with van der Waals surface area (Å²) in [6, 6.07) is 14.2. The van der Waals surface area contributed by atoms with Crippen LogP contribution in [0.2, 0.25) is 0 Å². The average molecular weight is 495 g/mol. The fraction of sp³-hybridized carbons (Fsp3) is 0.211. The van der Waals surface area contributed by atoms with Gasteiger partial charge in [0.1, 0.15) is 0 Å². The lowest BCUT2D eigenvalue weighted by Gasteiger charge is -2.07. The van der Waals surface area contributed by atoms with Gasteiger partial charge in [0.05, 0.1) is 10.6 Å². The lowest BCUT2D eigenvalue weighted by atomic mass is 10.2. The molecule has 0 saturated carbocycles. The highest BCUT2D eigenvalue weighted by Gasteiger charge is 2.15. The summed E-state index contributed by atoms with van der Waals surface area (Å²) in [7, 11) is -1.68. The second kappa shape index (κ2) is 9.10. The van der Waals surface area contributed by atoms with E-state index >= 15 is 0 Å². The van der Waals surface area contributed by atoms with Crippen LogP contribution in [0.25, 0.3) is 17.1 Å². The summed E-state index contributed by atoms with van der Waals surface area (Å²) in [5.41, 5.74) is 1.56. The minimum atomic E-state index is -3.28. The molecule has 3 rings (SSSR count). The summed E-state index contributed by atoms with van der Waals surface area (Å²) >= 11 is 4.82. The Labute approximate surface area is 182 Å². The molecule has 1 heterocycles. The molecule has 0 saturated heterocycles. The summed E-state index contributed by atoms with van der Waals surface area (Å²) in [5.74, 6) is 1.14. The Balaban J connectivity index is 1.97. The number of thioether (sulfide) groups is 1. The van der Waals surface area contributed by atoms with E-state index in [1.165, 1.54) is 18.0 Å². The van der Waals surface area contributed by atoms with Crippen LogP contribution in [0.5, 0.6) is 0 Å². The number of amides is 1. The van der Waals surface area contributed by atoms with Crippen molar-refractivity contribution in [3.05, 3.63) is 53.0 Å². The minimum absolute atomic E-state index is 0.0403. The summed E-state index contributed by atoms with van der Waals surface area (Å²) in [4.78, 5) is 16.3. The number of halogens is 1. The predicted octanol–water partition coefficient (Wildman–Crippen LogP) is 3.33. The third-order valence-electron chi connectivity index (χ3n) is 4.04. The fourth-order valence-electron chi connectivity index (χ4n) is 2.51. The quantitative estimate of drug-likeness (QED) is 0.506. The van der Waals surface area contributed by atoms with Crippen LogP contribution in [0.15, 0.2) is 63.1 Å². The molecule has 0 atom stereocenters. The highest BCUT2D eigenvalue weighted by molar-refractivity contribution is 9.10. The van der Waals surface area contributed by atoms with Gasteiger partial charge >= 0.3 is 0 Å². The molecule has 0 aliphatic carbocycles. The van der Waals surface area contributed by atoms with Crippen LogP contribution in [0, 0.1) is 0 Å². The van der Waals surface area contributed by atoms with E-state index in [2.05, 4.69) is 31.3 Å². The number of rotatable bonds is 7. The highest BCUT2D eigenvalue weighted by Crippen LogP contribution is 2.27. The van der Waals surface area contributed by atoms with Crippen molar-refractivity contribution in [1.29, 1.82) is 0 Å². The summed E-state index contributed by atoms with van der Waals surface area (Å²) in [6.45, 7) is 0. The van der Waals surface area contributed by atoms with Gasteiger partial charge < -0.3 is 5.32 Å². The van der Waals surface area contributed by atoms with Gasteiger partial charge in [-0.05, 0) is 36.4 Å². The number of hydrogen-bond donors (Lipinski definition) is 1. The maximum Gasteiger partial charge on any atom is 0.220 e. The van der Waals surface area contributed by atoms with Gasteiger partial charge in [0.2, 0.25) is 11.1 Å². The van der Waals surface area contributed by atoms with Crippen molar-refractivity contribution in [2.75, 3.05) is 19.1 Å². The number of nitrogens with one attached hydrogen (secondary N) is 1. The molecule has 7 nitrogen and oxygen atoms in total. The first-order chi connectivity index (χ1) is 13.8. The lowest BCUT2D eigenvalue weighted by Crippen LogP contribution is -2.17. The number of hydrogen-bond acceptors (Lipinski definition) is 6. The van der Waals surface area contributed by atoms with E-state index in [0.717, 1.165) is 10.0 Å². The van der Waals surface area contributed by atoms with Crippen LogP contribution in [0.3, 0.4) is 0 Å². The zero-order chi connectivity index (χ0) is 21.0. The summed E-state index contributed by atoms with van der Waals surface area (Å²) in [6.07, 6.45) is 1.54. The SMILES string of the molecule is CNC(=O)CCSc1nc(-c2ccc(Br)cc2)n(-c2ccc(S(C)(=O)=O)cc2)n1. The molecule has 0 bridgehead atoms. The third-order valence-corrected chi connectivity index (χ3v) is 6.54. The maximum atomic E-state index is 11.7. The molecule has 29 heavy (non-hydrogen) atoms. The van der Waals surface area contributed by atoms with Crippen molar-refractivity contribution in [1.82, 2.24) is 20.1 Å². The summed E-state index contributed by atoms with van der Waals surface area (Å²) in [5, 5.41) is 7.70. The Hall–Kier alpha value is -2.17. The molecular formula is C19H19BrN4O3S2. The zero-order valence-corrected chi connectivity index (χ0v) is 19.0. The largest absolute Gasteiger partial charge is 0.359 e. The molecule has 0 aliphatic rings. The van der Waals surface area contributed by atoms with Gasteiger partial charge in [0.15, 0.2) is 15.7 Å². The van der Waals surface area contributed by atoms with E-state index in [0.29, 0.717) is 28.8 Å². The number of aromatic nitrogens is 3. The van der Waals surface area contributed by atoms with Crippen molar-refractivity contribution in [2.45, 2.75) is 16.5 Å². The number of carbonyl (C=O) groups excluding carboxylic acids is 1. The average Bonchev–Trinajstić information content (AvgIpc) is 3.12. The zero-order valence-electron chi connectivity index (χ0n) is 15.8. The molecule has 1 amide bonds. The van der Waals surface area contributed by atoms with Gasteiger partial charge in [-0.15, -0.1) is 5.10 Å². The Kier molecular flexibility index (Phi) is 6.76. The molecule has 0 aliphatic heterocycles. The molecule has 3 aromatic rings. The standard InChI is InChI=1S/C19H19BrN4O3S2/c1-21-17(25)11-12-28-19-22-18(13-3-5-14(20)6-4-13)24(23-19)15-7-9-16(10-8-15)29(2,26)27/h3-10H,11-12H2,1-2H3,(H,21,25). The minimum Gasteiger partial charge on any atom is -0.359 e. The summed E-state index contributed by atoms with van der Waals surface area (Å²) < 4.78 is 26.1. The van der Waals surface area contributed by atoms with Gasteiger partial charge in [-0.3, -0.25) is 4.79 Å². The molecule has 1 aromatic heterocycles. The van der Waals surface area contributed by atoms with Crippen molar-refractivity contribution < 1.29 is 13.2 Å². The maximum absolute atomic E-state index is 11.7. The number of sulfone groups is 1. The molecule has 2 aromatic carbocycles. The fourth-order valence-corrected chi connectivity index (χ4v) is 4.17. The first kappa shape index (κ1) is 21.5. The second-order valence-electron chi connectivity index (χ2n) is 6.17. The lowest BCUT2D eigenvalue weighted by molar-refractivity contribution is -0.120. The van der Waals surface area contributed by atoms with Gasteiger partial charge in [0.25, 0.3) is 0 Å². The number of carbonyl (C=O) groups is 1. The Morgan fingerprint density at radius 1 is 1.14 bits per heavy atom. The first-order valence-electron chi connectivity index (χ1n) is 8.65. The van der Waals surface area contributed by atoms with Crippen molar-refractivity contribution in [3.8, 4) is 17.1 Å². The van der Waals surface area contributed by atoms with Crippen LogP contribution in [-0.4, -0.2) is 48.1 Å². The Morgan fingerprint density at radius 3 is 2.38 bits per heavy atom. The van der Waals surface area contributed by atoms with Gasteiger partial charge in [-0.2, -0.15) is 0 Å². The number of nitrogens with zero attached hydrogens (tertiary/aromatic N) is 3. The van der Waals surface area contributed by atoms with Crippen LogP contribution < -0.4 is 5.32 Å². The second-order valence-corrected chi connectivity index (χ2v) is 10.2. The van der Waals surface area contributed by atoms with Gasteiger partial charge in [0, 0.05) is 35.5 Å². The molecule has 0 spiro atoms. The van der Waals surface area contributed by atoms with Crippen LogP contribution in [0.1, 0.15) is 6.42 Å². The van der Waals surface area contributed by atoms with Gasteiger partial charge in [-0.25, -0.2) is 18.1 Å². The Morgan fingerprint density at radius 2 is 1.79 bits per heavy atom. The van der Waals surface area contributed by atoms with Crippen LogP contribution in [0.4, 0.5) is 0 Å². The molecular weight excluding hydrogens is 476 g/mol. The van der Waals surface area contributed by atoms with E-state index in [9.17, 15) is 13.2 Å². The van der Waals surface area contributed by atoms with E-state index in [1.54, 1.807) is 36.0 Å². The van der Waals surface area contributed by atoms with Crippen LogP contribution in [-0.2, 0) is 14.6 Å². The van der Waals surface area contributed by atoms with E-state index in [-0.39, 0.29) is 10.8 Å². The van der Waals surface area contributed by atoms with Crippen molar-refractivity contribution in [2.24, 2.45) is 0 Å². The number of benzene rings is 2. The smallest absolute Gasteiger partial charge is 0.220 e. The van der Waals surface area contributed by atoms with E-state index in [4.69, 9.17) is 0 Å². The predicted molar refractivity (Wildman–Crippen MR) is 117 cm³/mol.